The van der Waals surface area contributed by atoms with E-state index in [1.54, 1.807) is 19.2 Å². The first kappa shape index (κ1) is 15.6. The van der Waals surface area contributed by atoms with Crippen LogP contribution in [0.2, 0.25) is 10.2 Å². The molecule has 20 heavy (non-hydrogen) atoms. The van der Waals surface area contributed by atoms with Crippen LogP contribution in [0.25, 0.3) is 0 Å². The van der Waals surface area contributed by atoms with Crippen LogP contribution in [0, 0.1) is 5.82 Å². The summed E-state index contributed by atoms with van der Waals surface area (Å²) < 4.78 is 19.4. The van der Waals surface area contributed by atoms with Crippen molar-refractivity contribution in [2.24, 2.45) is 0 Å². The van der Waals surface area contributed by atoms with Crippen molar-refractivity contribution in [3.63, 3.8) is 0 Å². The van der Waals surface area contributed by atoms with E-state index in [4.69, 9.17) is 27.9 Å². The maximum Gasteiger partial charge on any atom is 0.147 e. The summed E-state index contributed by atoms with van der Waals surface area (Å²) in [5, 5.41) is 0.593. The van der Waals surface area contributed by atoms with Crippen LogP contribution in [0.4, 0.5) is 4.39 Å². The summed E-state index contributed by atoms with van der Waals surface area (Å²) >= 11 is 15.3. The maximum absolute atomic E-state index is 13.8. The molecule has 1 aromatic heterocycles. The van der Waals surface area contributed by atoms with Gasteiger partial charge in [0, 0.05) is 24.1 Å². The molecule has 0 aliphatic rings. The molecule has 2 aromatic rings. The van der Waals surface area contributed by atoms with Crippen molar-refractivity contribution in [2.75, 3.05) is 7.11 Å². The predicted molar refractivity (Wildman–Crippen MR) is 79.7 cm³/mol. The standard InChI is InChI=1S/C13H10BrCl2FN2O/c1-20-6-10-12(14)13(16)19-11(18-10)5-7-8(15)3-2-4-9(7)17/h2-4H,5-6H2,1H3. The zero-order chi connectivity index (χ0) is 14.7. The quantitative estimate of drug-likeness (QED) is 0.737. The van der Waals surface area contributed by atoms with E-state index >= 15 is 0 Å². The zero-order valence-electron chi connectivity index (χ0n) is 10.5. The van der Waals surface area contributed by atoms with Crippen molar-refractivity contribution in [3.05, 3.63) is 55.7 Å². The van der Waals surface area contributed by atoms with Gasteiger partial charge in [0.25, 0.3) is 0 Å². The molecule has 0 unspecified atom stereocenters. The Morgan fingerprint density at radius 1 is 1.30 bits per heavy atom. The Bertz CT molecular complexity index is 620. The summed E-state index contributed by atoms with van der Waals surface area (Å²) in [5.41, 5.74) is 0.950. The van der Waals surface area contributed by atoms with Gasteiger partial charge in [0.15, 0.2) is 0 Å². The first-order valence-electron chi connectivity index (χ1n) is 5.65. The Kier molecular flexibility index (Phi) is 5.32. The number of hydrogen-bond acceptors (Lipinski definition) is 3. The van der Waals surface area contributed by atoms with Crippen LogP contribution in [-0.2, 0) is 17.8 Å². The SMILES string of the molecule is COCc1nc(Cc2c(F)cccc2Cl)nc(Cl)c1Br. The minimum Gasteiger partial charge on any atom is -0.378 e. The van der Waals surface area contributed by atoms with Crippen LogP contribution in [-0.4, -0.2) is 17.1 Å². The maximum atomic E-state index is 13.8. The molecule has 0 N–H and O–H groups in total. The molecule has 1 aromatic carbocycles. The fourth-order valence-corrected chi connectivity index (χ4v) is 2.41. The van der Waals surface area contributed by atoms with Crippen molar-refractivity contribution in [1.82, 2.24) is 9.97 Å². The van der Waals surface area contributed by atoms with Gasteiger partial charge in [0.2, 0.25) is 0 Å². The summed E-state index contributed by atoms with van der Waals surface area (Å²) in [6.07, 6.45) is 0.162. The van der Waals surface area contributed by atoms with Gasteiger partial charge in [-0.3, -0.25) is 0 Å². The lowest BCUT2D eigenvalue weighted by Gasteiger charge is -2.09. The number of nitrogens with zero attached hydrogens (tertiary/aromatic N) is 2. The van der Waals surface area contributed by atoms with Gasteiger partial charge >= 0.3 is 0 Å². The molecule has 3 nitrogen and oxygen atoms in total. The molecule has 0 atom stereocenters. The number of hydrogen-bond donors (Lipinski definition) is 0. The van der Waals surface area contributed by atoms with Crippen molar-refractivity contribution >= 4 is 39.1 Å². The molecule has 0 bridgehead atoms. The number of aromatic nitrogens is 2. The van der Waals surface area contributed by atoms with E-state index in [-0.39, 0.29) is 18.2 Å². The number of ether oxygens (including phenoxy) is 1. The second-order valence-corrected chi connectivity index (χ2v) is 5.56. The Labute approximate surface area is 134 Å². The molecule has 0 saturated heterocycles. The van der Waals surface area contributed by atoms with Crippen molar-refractivity contribution < 1.29 is 9.13 Å². The topological polar surface area (TPSA) is 35.0 Å². The van der Waals surface area contributed by atoms with E-state index in [0.717, 1.165) is 0 Å². The second kappa shape index (κ2) is 6.80. The van der Waals surface area contributed by atoms with Gasteiger partial charge in [-0.15, -0.1) is 0 Å². The lowest BCUT2D eigenvalue weighted by molar-refractivity contribution is 0.180. The van der Waals surface area contributed by atoms with E-state index in [2.05, 4.69) is 25.9 Å². The van der Waals surface area contributed by atoms with Gasteiger partial charge in [0.05, 0.1) is 16.8 Å². The highest BCUT2D eigenvalue weighted by atomic mass is 79.9. The van der Waals surface area contributed by atoms with Crippen molar-refractivity contribution in [2.45, 2.75) is 13.0 Å². The molecule has 0 fully saturated rings. The summed E-state index contributed by atoms with van der Waals surface area (Å²) in [6.45, 7) is 0.279. The van der Waals surface area contributed by atoms with Gasteiger partial charge in [-0.2, -0.15) is 0 Å². The minimum atomic E-state index is -0.395. The van der Waals surface area contributed by atoms with Gasteiger partial charge in [-0.05, 0) is 28.1 Å². The van der Waals surface area contributed by atoms with Crippen LogP contribution in [0.15, 0.2) is 22.7 Å². The average Bonchev–Trinajstić information content (AvgIpc) is 2.40. The lowest BCUT2D eigenvalue weighted by Crippen LogP contribution is -2.05. The number of rotatable bonds is 4. The molecule has 0 aliphatic heterocycles. The first-order valence-corrected chi connectivity index (χ1v) is 7.20. The van der Waals surface area contributed by atoms with Crippen LogP contribution >= 0.6 is 39.1 Å². The van der Waals surface area contributed by atoms with Crippen LogP contribution in [0.5, 0.6) is 0 Å². The van der Waals surface area contributed by atoms with Crippen LogP contribution in [0.3, 0.4) is 0 Å². The smallest absolute Gasteiger partial charge is 0.147 e. The molecule has 0 spiro atoms. The largest absolute Gasteiger partial charge is 0.378 e. The zero-order valence-corrected chi connectivity index (χ0v) is 13.6. The third-order valence-corrected chi connectivity index (χ3v) is 4.29. The normalized spacial score (nSPS) is 10.8. The van der Waals surface area contributed by atoms with Crippen LogP contribution < -0.4 is 0 Å². The fraction of sp³-hybridized carbons (Fsp3) is 0.231. The molecule has 1 heterocycles. The summed E-state index contributed by atoms with van der Waals surface area (Å²) in [4.78, 5) is 8.43. The Hall–Kier alpha value is -0.750. The predicted octanol–water partition coefficient (Wildman–Crippen LogP) is 4.42. The van der Waals surface area contributed by atoms with E-state index in [0.29, 0.717) is 26.6 Å². The van der Waals surface area contributed by atoms with Gasteiger partial charge in [0.1, 0.15) is 16.8 Å². The Balaban J connectivity index is 2.39. The summed E-state index contributed by atoms with van der Waals surface area (Å²) in [6, 6.07) is 4.52. The highest BCUT2D eigenvalue weighted by molar-refractivity contribution is 9.10. The summed E-state index contributed by atoms with van der Waals surface area (Å²) in [5.74, 6) is -0.00863. The fourth-order valence-electron chi connectivity index (χ4n) is 1.68. The van der Waals surface area contributed by atoms with Crippen molar-refractivity contribution in [3.8, 4) is 0 Å². The van der Waals surface area contributed by atoms with Gasteiger partial charge < -0.3 is 4.74 Å². The third kappa shape index (κ3) is 3.47. The molecule has 0 amide bonds. The Morgan fingerprint density at radius 2 is 2.05 bits per heavy atom. The highest BCUT2D eigenvalue weighted by Gasteiger charge is 2.14. The summed E-state index contributed by atoms with van der Waals surface area (Å²) in [7, 11) is 1.55. The van der Waals surface area contributed by atoms with Gasteiger partial charge in [-0.1, -0.05) is 29.3 Å². The first-order chi connectivity index (χ1) is 9.52. The van der Waals surface area contributed by atoms with E-state index < -0.39 is 5.82 Å². The molecule has 7 heteroatoms. The van der Waals surface area contributed by atoms with E-state index in [1.807, 2.05) is 0 Å². The second-order valence-electron chi connectivity index (χ2n) is 4.00. The molecule has 2 rings (SSSR count). The number of halogens is 4. The molecule has 0 radical (unpaired) electrons. The Morgan fingerprint density at radius 3 is 2.70 bits per heavy atom. The van der Waals surface area contributed by atoms with Crippen molar-refractivity contribution in [1.29, 1.82) is 0 Å². The number of methoxy groups -OCH3 is 1. The molecule has 106 valence electrons. The lowest BCUT2D eigenvalue weighted by atomic mass is 10.1. The number of benzene rings is 1. The highest BCUT2D eigenvalue weighted by Crippen LogP contribution is 2.26. The molecule has 0 saturated carbocycles. The molecular formula is C13H10BrCl2FN2O. The minimum absolute atomic E-state index is 0.162. The third-order valence-electron chi connectivity index (χ3n) is 2.60. The average molecular weight is 380 g/mol. The monoisotopic (exact) mass is 378 g/mol. The molecular weight excluding hydrogens is 370 g/mol. The van der Waals surface area contributed by atoms with Gasteiger partial charge in [-0.25, -0.2) is 14.4 Å². The molecule has 0 aliphatic carbocycles. The van der Waals surface area contributed by atoms with E-state index in [9.17, 15) is 4.39 Å². The van der Waals surface area contributed by atoms with Crippen LogP contribution in [0.1, 0.15) is 17.1 Å². The van der Waals surface area contributed by atoms with E-state index in [1.165, 1.54) is 6.07 Å².